The smallest absolute Gasteiger partial charge is 0.338 e. The van der Waals surface area contributed by atoms with Crippen molar-refractivity contribution in [3.8, 4) is 5.75 Å². The highest BCUT2D eigenvalue weighted by atomic mass is 16.5. The van der Waals surface area contributed by atoms with E-state index in [2.05, 4.69) is 30.3 Å². The van der Waals surface area contributed by atoms with E-state index >= 15 is 0 Å². The molecule has 5 nitrogen and oxygen atoms in total. The number of imidazole rings is 1. The lowest BCUT2D eigenvalue weighted by Crippen LogP contribution is -2.19. The molecule has 0 spiro atoms. The number of aromatic nitrogens is 2. The maximum absolute atomic E-state index is 11.9. The molecule has 25 heavy (non-hydrogen) atoms. The summed E-state index contributed by atoms with van der Waals surface area (Å²) in [5.41, 5.74) is 2.42. The molecule has 0 saturated carbocycles. The fourth-order valence-electron chi connectivity index (χ4n) is 2.94. The Balaban J connectivity index is 2.26. The number of esters is 1. The zero-order valence-corrected chi connectivity index (χ0v) is 14.9. The van der Waals surface area contributed by atoms with Crippen molar-refractivity contribution in [3.05, 3.63) is 59.4 Å². The topological polar surface area (TPSA) is 64.3 Å². The number of phenols is 1. The van der Waals surface area contributed by atoms with Gasteiger partial charge in [-0.05, 0) is 17.7 Å². The molecule has 1 aromatic heterocycles. The number of aromatic hydroxyl groups is 1. The highest BCUT2D eigenvalue weighted by Gasteiger charge is 2.25. The molecule has 0 aliphatic heterocycles. The summed E-state index contributed by atoms with van der Waals surface area (Å²) in [7, 11) is 1.32. The molecule has 3 aromatic rings. The number of hydrogen-bond acceptors (Lipinski definition) is 4. The van der Waals surface area contributed by atoms with Gasteiger partial charge in [0.25, 0.3) is 0 Å². The average Bonchev–Trinajstić information content (AvgIpc) is 2.94. The Labute approximate surface area is 146 Å². The van der Waals surface area contributed by atoms with Gasteiger partial charge in [0.15, 0.2) is 0 Å². The Kier molecular flexibility index (Phi) is 4.25. The van der Waals surface area contributed by atoms with Gasteiger partial charge in [0.1, 0.15) is 17.1 Å². The molecule has 0 atom stereocenters. The fourth-order valence-corrected chi connectivity index (χ4v) is 2.94. The van der Waals surface area contributed by atoms with Gasteiger partial charge in [0.05, 0.1) is 18.2 Å². The van der Waals surface area contributed by atoms with Gasteiger partial charge in [-0.2, -0.15) is 0 Å². The summed E-state index contributed by atoms with van der Waals surface area (Å²) >= 11 is 0. The van der Waals surface area contributed by atoms with Crippen molar-refractivity contribution in [1.82, 2.24) is 9.55 Å². The third kappa shape index (κ3) is 3.22. The number of hydrogen-bond donors (Lipinski definition) is 1. The minimum absolute atomic E-state index is 0.0183. The second-order valence-electron chi connectivity index (χ2n) is 7.11. The number of carbonyl (C=O) groups is 1. The summed E-state index contributed by atoms with van der Waals surface area (Å²) in [6.07, 6.45) is 0. The first-order valence-corrected chi connectivity index (χ1v) is 8.17. The summed E-state index contributed by atoms with van der Waals surface area (Å²) in [6.45, 7) is 6.84. The molecule has 0 aliphatic rings. The number of phenolic OH excluding ortho intramolecular Hbond substituents is 1. The van der Waals surface area contributed by atoms with Crippen LogP contribution in [0.1, 0.15) is 42.5 Å². The van der Waals surface area contributed by atoms with Crippen molar-refractivity contribution in [2.45, 2.75) is 32.7 Å². The maximum atomic E-state index is 11.9. The molecule has 1 heterocycles. The lowest BCUT2D eigenvalue weighted by molar-refractivity contribution is 0.0600. The molecule has 130 valence electrons. The standard InChI is InChI=1S/C20H22N2O3/c1-20(2,3)19-21-17-15(10-14(11-16(17)23)18(24)25-4)22(19)12-13-8-6-5-7-9-13/h5-11,23H,12H2,1-4H3. The first-order chi connectivity index (χ1) is 11.8. The van der Waals surface area contributed by atoms with Crippen molar-refractivity contribution >= 4 is 17.0 Å². The Bertz CT molecular complexity index is 922. The van der Waals surface area contributed by atoms with Gasteiger partial charge >= 0.3 is 5.97 Å². The predicted molar refractivity (Wildman–Crippen MR) is 97.0 cm³/mol. The monoisotopic (exact) mass is 338 g/mol. The molecule has 0 radical (unpaired) electrons. The summed E-state index contributed by atoms with van der Waals surface area (Å²) in [5.74, 6) is 0.348. The van der Waals surface area contributed by atoms with Crippen LogP contribution in [0.4, 0.5) is 0 Å². The highest BCUT2D eigenvalue weighted by Crippen LogP contribution is 2.32. The van der Waals surface area contributed by atoms with Gasteiger partial charge in [-0.1, -0.05) is 51.1 Å². The number of rotatable bonds is 3. The summed E-state index contributed by atoms with van der Waals surface area (Å²) in [5, 5.41) is 10.4. The summed E-state index contributed by atoms with van der Waals surface area (Å²) in [6, 6.07) is 13.2. The van der Waals surface area contributed by atoms with Gasteiger partial charge in [0, 0.05) is 12.0 Å². The quantitative estimate of drug-likeness (QED) is 0.736. The number of nitrogens with zero attached hydrogens (tertiary/aromatic N) is 2. The largest absolute Gasteiger partial charge is 0.506 e. The van der Waals surface area contributed by atoms with Crippen LogP contribution in [0.25, 0.3) is 11.0 Å². The molecule has 0 amide bonds. The Hall–Kier alpha value is -2.82. The molecule has 1 N–H and O–H groups in total. The molecule has 3 rings (SSSR count). The lowest BCUT2D eigenvalue weighted by atomic mass is 9.95. The van der Waals surface area contributed by atoms with Gasteiger partial charge < -0.3 is 14.4 Å². The van der Waals surface area contributed by atoms with E-state index in [9.17, 15) is 9.90 Å². The zero-order valence-electron chi connectivity index (χ0n) is 14.9. The van der Waals surface area contributed by atoms with Gasteiger partial charge in [0.2, 0.25) is 0 Å². The number of fused-ring (bicyclic) bond motifs is 1. The van der Waals surface area contributed by atoms with E-state index < -0.39 is 5.97 Å². The summed E-state index contributed by atoms with van der Waals surface area (Å²) in [4.78, 5) is 16.6. The predicted octanol–water partition coefficient (Wildman–Crippen LogP) is 3.87. The van der Waals surface area contributed by atoms with Crippen LogP contribution in [0.2, 0.25) is 0 Å². The van der Waals surface area contributed by atoms with Gasteiger partial charge in [-0.3, -0.25) is 0 Å². The first-order valence-electron chi connectivity index (χ1n) is 8.17. The Morgan fingerprint density at radius 1 is 1.20 bits per heavy atom. The van der Waals surface area contributed by atoms with Crippen LogP contribution < -0.4 is 0 Å². The van der Waals surface area contributed by atoms with Crippen LogP contribution in [0.3, 0.4) is 0 Å². The summed E-state index contributed by atoms with van der Waals surface area (Å²) < 4.78 is 6.85. The molecule has 0 saturated heterocycles. The van der Waals surface area contributed by atoms with Crippen molar-refractivity contribution in [2.24, 2.45) is 0 Å². The molecule has 0 bridgehead atoms. The van der Waals surface area contributed by atoms with Crippen LogP contribution in [0.15, 0.2) is 42.5 Å². The van der Waals surface area contributed by atoms with E-state index in [1.54, 1.807) is 6.07 Å². The van der Waals surface area contributed by atoms with Crippen molar-refractivity contribution in [1.29, 1.82) is 0 Å². The van der Waals surface area contributed by atoms with Gasteiger partial charge in [-0.15, -0.1) is 0 Å². The number of benzene rings is 2. The van der Waals surface area contributed by atoms with Crippen molar-refractivity contribution < 1.29 is 14.6 Å². The Morgan fingerprint density at radius 3 is 2.48 bits per heavy atom. The molecule has 0 aliphatic carbocycles. The van der Waals surface area contributed by atoms with E-state index in [0.29, 0.717) is 23.1 Å². The van der Waals surface area contributed by atoms with E-state index in [0.717, 1.165) is 11.4 Å². The molecule has 0 unspecified atom stereocenters. The highest BCUT2D eigenvalue weighted by molar-refractivity contribution is 5.96. The SMILES string of the molecule is COC(=O)c1cc(O)c2nc(C(C)(C)C)n(Cc3ccccc3)c2c1. The second-order valence-corrected chi connectivity index (χ2v) is 7.11. The van der Waals surface area contributed by atoms with E-state index in [4.69, 9.17) is 4.74 Å². The minimum Gasteiger partial charge on any atom is -0.506 e. The molecular weight excluding hydrogens is 316 g/mol. The maximum Gasteiger partial charge on any atom is 0.338 e. The van der Waals surface area contributed by atoms with Crippen LogP contribution in [0, 0.1) is 0 Å². The Morgan fingerprint density at radius 2 is 1.88 bits per heavy atom. The molecule has 2 aromatic carbocycles. The van der Waals surface area contributed by atoms with Crippen LogP contribution in [-0.4, -0.2) is 27.7 Å². The third-order valence-corrected chi connectivity index (χ3v) is 4.11. The minimum atomic E-state index is -0.484. The van der Waals surface area contributed by atoms with Crippen molar-refractivity contribution in [3.63, 3.8) is 0 Å². The molecular formula is C20H22N2O3. The number of methoxy groups -OCH3 is 1. The van der Waals surface area contributed by atoms with Crippen LogP contribution in [-0.2, 0) is 16.7 Å². The third-order valence-electron chi connectivity index (χ3n) is 4.11. The van der Waals surface area contributed by atoms with Crippen LogP contribution >= 0.6 is 0 Å². The average molecular weight is 338 g/mol. The normalized spacial score (nSPS) is 11.7. The van der Waals surface area contributed by atoms with Crippen molar-refractivity contribution in [2.75, 3.05) is 7.11 Å². The fraction of sp³-hybridized carbons (Fsp3) is 0.300. The van der Waals surface area contributed by atoms with E-state index in [1.807, 2.05) is 30.3 Å². The second kappa shape index (κ2) is 6.24. The first kappa shape index (κ1) is 17.0. The van der Waals surface area contributed by atoms with Crippen LogP contribution in [0.5, 0.6) is 5.75 Å². The molecule has 5 heteroatoms. The zero-order chi connectivity index (χ0) is 18.2. The van der Waals surface area contributed by atoms with Gasteiger partial charge in [-0.25, -0.2) is 9.78 Å². The lowest BCUT2D eigenvalue weighted by Gasteiger charge is -2.20. The molecule has 0 fully saturated rings. The van der Waals surface area contributed by atoms with E-state index in [-0.39, 0.29) is 11.2 Å². The number of ether oxygens (including phenoxy) is 1. The number of carbonyl (C=O) groups excluding carboxylic acids is 1. The van der Waals surface area contributed by atoms with E-state index in [1.165, 1.54) is 13.2 Å².